The number of nitrogen functional groups attached to an aromatic ring is 1. The number of nitrogens with two attached hydrogens (primary N) is 1. The van der Waals surface area contributed by atoms with Crippen LogP contribution < -0.4 is 10.5 Å². The molecule has 0 bridgehead atoms. The summed E-state index contributed by atoms with van der Waals surface area (Å²) in [7, 11) is 1.41. The molecule has 6 heteroatoms. The van der Waals surface area contributed by atoms with Crippen molar-refractivity contribution in [3.8, 4) is 5.75 Å². The highest BCUT2D eigenvalue weighted by Gasteiger charge is 2.17. The van der Waals surface area contributed by atoms with E-state index in [0.29, 0.717) is 5.75 Å². The lowest BCUT2D eigenvalue weighted by Gasteiger charge is -2.10. The minimum Gasteiger partial charge on any atom is -0.496 e. The van der Waals surface area contributed by atoms with Gasteiger partial charge in [0.2, 0.25) is 0 Å². The Balaban J connectivity index is 2.77. The molecule has 1 aromatic carbocycles. The number of hydrogen-bond acceptors (Lipinski definition) is 5. The highest BCUT2D eigenvalue weighted by molar-refractivity contribution is 5.98. The van der Waals surface area contributed by atoms with Crippen LogP contribution >= 0.6 is 0 Å². The van der Waals surface area contributed by atoms with Gasteiger partial charge in [-0.2, -0.15) is 0 Å². The highest BCUT2D eigenvalue weighted by Crippen LogP contribution is 2.24. The first-order valence-corrected chi connectivity index (χ1v) is 4.87. The van der Waals surface area contributed by atoms with Crippen molar-refractivity contribution in [1.82, 2.24) is 0 Å². The van der Waals surface area contributed by atoms with Crippen molar-refractivity contribution in [1.29, 1.82) is 0 Å². The number of hydrogen-bond donors (Lipinski definition) is 2. The zero-order valence-corrected chi connectivity index (χ0v) is 9.30. The number of methoxy groups -OCH3 is 1. The zero-order chi connectivity index (χ0) is 12.8. The highest BCUT2D eigenvalue weighted by atomic mass is 16.5. The Kier molecular flexibility index (Phi) is 4.33. The Hall–Kier alpha value is -2.24. The molecule has 0 aliphatic carbocycles. The van der Waals surface area contributed by atoms with E-state index in [4.69, 9.17) is 20.3 Å². The second kappa shape index (κ2) is 5.74. The average Bonchev–Trinajstić information content (AvgIpc) is 2.27. The van der Waals surface area contributed by atoms with E-state index < -0.39 is 11.9 Å². The van der Waals surface area contributed by atoms with Crippen molar-refractivity contribution in [3.05, 3.63) is 23.8 Å². The second-order valence-corrected chi connectivity index (χ2v) is 3.20. The summed E-state index contributed by atoms with van der Waals surface area (Å²) in [5.74, 6) is -1.43. The lowest BCUT2D eigenvalue weighted by atomic mass is 10.1. The fraction of sp³-hybridized carbons (Fsp3) is 0.273. The molecule has 0 aliphatic heterocycles. The molecule has 17 heavy (non-hydrogen) atoms. The van der Waals surface area contributed by atoms with E-state index in [1.165, 1.54) is 13.2 Å². The van der Waals surface area contributed by atoms with Gasteiger partial charge in [0, 0.05) is 5.69 Å². The SMILES string of the molecule is COc1cccc(N)c1C(=O)OCCC(=O)O. The maximum absolute atomic E-state index is 11.7. The molecule has 0 atom stereocenters. The van der Waals surface area contributed by atoms with Crippen LogP contribution in [0.25, 0.3) is 0 Å². The first-order valence-electron chi connectivity index (χ1n) is 4.87. The molecule has 0 radical (unpaired) electrons. The molecule has 0 saturated carbocycles. The first-order chi connectivity index (χ1) is 8.06. The molecule has 0 fully saturated rings. The summed E-state index contributed by atoms with van der Waals surface area (Å²) in [4.78, 5) is 21.9. The number of carboxylic acid groups (broad SMARTS) is 1. The average molecular weight is 239 g/mol. The van der Waals surface area contributed by atoms with Gasteiger partial charge in [-0.3, -0.25) is 4.79 Å². The van der Waals surface area contributed by atoms with E-state index in [1.54, 1.807) is 12.1 Å². The third kappa shape index (κ3) is 3.37. The van der Waals surface area contributed by atoms with Gasteiger partial charge in [-0.05, 0) is 12.1 Å². The van der Waals surface area contributed by atoms with Gasteiger partial charge in [-0.1, -0.05) is 6.07 Å². The van der Waals surface area contributed by atoms with Gasteiger partial charge in [-0.15, -0.1) is 0 Å². The molecule has 1 aromatic rings. The topological polar surface area (TPSA) is 98.9 Å². The van der Waals surface area contributed by atoms with Gasteiger partial charge >= 0.3 is 11.9 Å². The Morgan fingerprint density at radius 3 is 2.71 bits per heavy atom. The molecule has 0 aromatic heterocycles. The summed E-state index contributed by atoms with van der Waals surface area (Å²) in [6.07, 6.45) is -0.249. The van der Waals surface area contributed by atoms with Crippen LogP contribution in [0.15, 0.2) is 18.2 Å². The standard InChI is InChI=1S/C11H13NO5/c1-16-8-4-2-3-7(12)10(8)11(15)17-6-5-9(13)14/h2-4H,5-6,12H2,1H3,(H,13,14). The number of benzene rings is 1. The number of ether oxygens (including phenoxy) is 2. The van der Waals surface area contributed by atoms with Crippen LogP contribution in [0.4, 0.5) is 5.69 Å². The van der Waals surface area contributed by atoms with Crippen LogP contribution in [0.2, 0.25) is 0 Å². The molecule has 0 heterocycles. The number of carbonyl (C=O) groups is 2. The number of rotatable bonds is 5. The van der Waals surface area contributed by atoms with Crippen molar-refractivity contribution in [2.24, 2.45) is 0 Å². The van der Waals surface area contributed by atoms with Crippen molar-refractivity contribution in [3.63, 3.8) is 0 Å². The third-order valence-electron chi connectivity index (χ3n) is 2.03. The summed E-state index contributed by atoms with van der Waals surface area (Å²) in [6.45, 7) is -0.203. The predicted molar refractivity (Wildman–Crippen MR) is 59.9 cm³/mol. The Bertz CT molecular complexity index is 430. The van der Waals surface area contributed by atoms with Gasteiger partial charge in [0.05, 0.1) is 13.5 Å². The number of aliphatic carboxylic acids is 1. The molecular formula is C11H13NO5. The molecular weight excluding hydrogens is 226 g/mol. The number of carbonyl (C=O) groups excluding carboxylic acids is 1. The summed E-state index contributed by atoms with van der Waals surface area (Å²) in [5.41, 5.74) is 5.97. The molecule has 0 spiro atoms. The molecule has 92 valence electrons. The third-order valence-corrected chi connectivity index (χ3v) is 2.03. The molecule has 0 aliphatic rings. The summed E-state index contributed by atoms with van der Waals surface area (Å²) in [6, 6.07) is 4.75. The largest absolute Gasteiger partial charge is 0.496 e. The van der Waals surface area contributed by atoms with Crippen LogP contribution in [-0.4, -0.2) is 30.8 Å². The number of carboxylic acids is 1. The lowest BCUT2D eigenvalue weighted by Crippen LogP contribution is -2.12. The molecule has 1 rings (SSSR count). The van der Waals surface area contributed by atoms with Gasteiger partial charge in [0.15, 0.2) is 0 Å². The molecule has 6 nitrogen and oxygen atoms in total. The Morgan fingerprint density at radius 1 is 1.41 bits per heavy atom. The van der Waals surface area contributed by atoms with Gasteiger partial charge in [0.25, 0.3) is 0 Å². The minimum absolute atomic E-state index is 0.111. The van der Waals surface area contributed by atoms with E-state index in [2.05, 4.69) is 0 Å². The molecule has 0 unspecified atom stereocenters. The van der Waals surface area contributed by atoms with Crippen molar-refractivity contribution in [2.45, 2.75) is 6.42 Å². The van der Waals surface area contributed by atoms with Crippen LogP contribution in [0.5, 0.6) is 5.75 Å². The van der Waals surface area contributed by atoms with Crippen molar-refractivity contribution < 1.29 is 24.2 Å². The fourth-order valence-electron chi connectivity index (χ4n) is 1.24. The summed E-state index contributed by atoms with van der Waals surface area (Å²) in [5, 5.41) is 8.41. The van der Waals surface area contributed by atoms with Crippen molar-refractivity contribution >= 4 is 17.6 Å². The van der Waals surface area contributed by atoms with Crippen LogP contribution in [-0.2, 0) is 9.53 Å². The van der Waals surface area contributed by atoms with Gasteiger partial charge in [-0.25, -0.2) is 4.79 Å². The van der Waals surface area contributed by atoms with Crippen molar-refractivity contribution in [2.75, 3.05) is 19.5 Å². The fourth-order valence-corrected chi connectivity index (χ4v) is 1.24. The van der Waals surface area contributed by atoms with Gasteiger partial charge < -0.3 is 20.3 Å². The predicted octanol–water partition coefficient (Wildman–Crippen LogP) is 0.909. The van der Waals surface area contributed by atoms with Crippen LogP contribution in [0.1, 0.15) is 16.8 Å². The minimum atomic E-state index is -1.04. The van der Waals surface area contributed by atoms with Crippen LogP contribution in [0, 0.1) is 0 Å². The maximum Gasteiger partial charge on any atom is 0.344 e. The van der Waals surface area contributed by atoms with E-state index in [-0.39, 0.29) is 24.3 Å². The van der Waals surface area contributed by atoms with E-state index in [1.807, 2.05) is 0 Å². The first kappa shape index (κ1) is 12.8. The van der Waals surface area contributed by atoms with E-state index in [0.717, 1.165) is 0 Å². The van der Waals surface area contributed by atoms with E-state index >= 15 is 0 Å². The second-order valence-electron chi connectivity index (χ2n) is 3.20. The maximum atomic E-state index is 11.7. The molecule has 3 N–H and O–H groups in total. The summed E-state index contributed by atoms with van der Waals surface area (Å²) < 4.78 is 9.76. The number of esters is 1. The van der Waals surface area contributed by atoms with Gasteiger partial charge in [0.1, 0.15) is 17.9 Å². The monoisotopic (exact) mass is 239 g/mol. The summed E-state index contributed by atoms with van der Waals surface area (Å²) >= 11 is 0. The zero-order valence-electron chi connectivity index (χ0n) is 9.30. The lowest BCUT2D eigenvalue weighted by molar-refractivity contribution is -0.137. The van der Waals surface area contributed by atoms with E-state index in [9.17, 15) is 9.59 Å². The normalized spacial score (nSPS) is 9.71. The quantitative estimate of drug-likeness (QED) is 0.585. The Morgan fingerprint density at radius 2 is 2.12 bits per heavy atom. The molecule has 0 saturated heterocycles. The van der Waals surface area contributed by atoms with Crippen LogP contribution in [0.3, 0.4) is 0 Å². The molecule has 0 amide bonds. The smallest absolute Gasteiger partial charge is 0.344 e. The Labute approximate surface area is 97.9 Å². The number of anilines is 1.